The van der Waals surface area contributed by atoms with Gasteiger partial charge in [0.2, 0.25) is 11.9 Å². The summed E-state index contributed by atoms with van der Waals surface area (Å²) in [6.45, 7) is 9.30. The molecule has 6 saturated heterocycles. The zero-order valence-corrected chi connectivity index (χ0v) is 39.6. The molecular weight excluding hydrogens is 889 g/mol. The molecule has 6 atom stereocenters. The normalized spacial score (nSPS) is 24.4. The number of hydrogen-bond donors (Lipinski definition) is 2. The number of nitrogens with zero attached hydrogens (tertiary/aromatic N) is 10. The fourth-order valence-corrected chi connectivity index (χ4v) is 11.1. The molecule has 2 N–H and O–H groups in total. The van der Waals surface area contributed by atoms with E-state index in [-0.39, 0.29) is 48.3 Å². The fraction of sp³-hybridized carbons (Fsp3) is 0.462. The van der Waals surface area contributed by atoms with Crippen molar-refractivity contribution in [1.82, 2.24) is 40.5 Å². The monoisotopic (exact) mass is 946 g/mol. The average Bonchev–Trinajstić information content (AvgIpc) is 3.87. The standard InChI is InChI=1S/C52H58N12O6/c1-31-25-62(48-42-14-16-43(32-5-3-7-34(23-32)49(65)53-2)56-46(42)58-52(60-48)64-36-9-10-37(64)30-68-29-36)26-40(69-31)17-18-54-50(66)35-8-4-6-33(24-35)44-15-13-41-45(55-44)57-51(59-47(41)61-19-21-67-22-20-61)63-27-38-11-12-39(28-63)70-38/h3-8,13-16,23-24,31,36-40H,9-12,17-22,25-30H2,1-2H3,(H,53,65)(H,54,66)/t31-,36?,37?,38?,39?,40+/m1/s1. The molecule has 6 fully saturated rings. The summed E-state index contributed by atoms with van der Waals surface area (Å²) >= 11 is 0. The molecule has 362 valence electrons. The van der Waals surface area contributed by atoms with E-state index < -0.39 is 0 Å². The summed E-state index contributed by atoms with van der Waals surface area (Å²) in [5, 5.41) is 7.61. The van der Waals surface area contributed by atoms with Crippen LogP contribution < -0.4 is 30.2 Å². The predicted octanol–water partition coefficient (Wildman–Crippen LogP) is 5.04. The Hall–Kier alpha value is -6.60. The lowest BCUT2D eigenvalue weighted by atomic mass is 10.1. The van der Waals surface area contributed by atoms with Crippen molar-refractivity contribution in [3.8, 4) is 22.5 Å². The number of anilines is 4. The number of ether oxygens (including phenoxy) is 4. The van der Waals surface area contributed by atoms with Crippen molar-refractivity contribution in [2.75, 3.05) is 98.9 Å². The van der Waals surface area contributed by atoms with Gasteiger partial charge in [-0.15, -0.1) is 0 Å². The van der Waals surface area contributed by atoms with Crippen molar-refractivity contribution in [3.05, 3.63) is 83.9 Å². The van der Waals surface area contributed by atoms with E-state index in [9.17, 15) is 9.59 Å². The van der Waals surface area contributed by atoms with Crippen LogP contribution in [-0.4, -0.2) is 158 Å². The highest BCUT2D eigenvalue weighted by molar-refractivity contribution is 5.97. The zero-order valence-electron chi connectivity index (χ0n) is 39.6. The second-order valence-electron chi connectivity index (χ2n) is 19.4. The Morgan fingerprint density at radius 3 is 1.90 bits per heavy atom. The number of pyridine rings is 2. The van der Waals surface area contributed by atoms with E-state index in [1.54, 1.807) is 13.1 Å². The number of benzene rings is 2. The van der Waals surface area contributed by atoms with Gasteiger partial charge in [0, 0.05) is 75.1 Å². The smallest absolute Gasteiger partial charge is 0.251 e. The highest BCUT2D eigenvalue weighted by atomic mass is 16.5. The van der Waals surface area contributed by atoms with Gasteiger partial charge in [-0.2, -0.15) is 19.9 Å². The maximum absolute atomic E-state index is 13.8. The number of morpholine rings is 4. The Bertz CT molecular complexity index is 2930. The number of rotatable bonds is 11. The van der Waals surface area contributed by atoms with Crippen molar-refractivity contribution >= 4 is 57.4 Å². The van der Waals surface area contributed by atoms with Crippen LogP contribution in [0.1, 0.15) is 59.7 Å². The molecule has 0 aliphatic carbocycles. The summed E-state index contributed by atoms with van der Waals surface area (Å²) in [4.78, 5) is 66.3. The number of amides is 2. The summed E-state index contributed by atoms with van der Waals surface area (Å²) in [6.07, 6.45) is 4.90. The van der Waals surface area contributed by atoms with Gasteiger partial charge in [0.25, 0.3) is 11.8 Å². The van der Waals surface area contributed by atoms with E-state index >= 15 is 0 Å². The zero-order chi connectivity index (χ0) is 47.3. The van der Waals surface area contributed by atoms with Crippen LogP contribution in [-0.2, 0) is 18.9 Å². The highest BCUT2D eigenvalue weighted by Gasteiger charge is 2.40. The molecule has 18 heteroatoms. The van der Waals surface area contributed by atoms with Crippen molar-refractivity contribution in [3.63, 3.8) is 0 Å². The van der Waals surface area contributed by atoms with Crippen LogP contribution in [0, 0.1) is 0 Å². The minimum Gasteiger partial charge on any atom is -0.378 e. The second kappa shape index (κ2) is 19.0. The van der Waals surface area contributed by atoms with Gasteiger partial charge >= 0.3 is 0 Å². The quantitative estimate of drug-likeness (QED) is 0.176. The van der Waals surface area contributed by atoms with Crippen LogP contribution in [0.4, 0.5) is 23.5 Å². The highest BCUT2D eigenvalue weighted by Crippen LogP contribution is 2.37. The molecule has 0 radical (unpaired) electrons. The van der Waals surface area contributed by atoms with Crippen molar-refractivity contribution in [2.24, 2.45) is 0 Å². The van der Waals surface area contributed by atoms with Crippen LogP contribution in [0.2, 0.25) is 0 Å². The van der Waals surface area contributed by atoms with Gasteiger partial charge in [-0.1, -0.05) is 24.3 Å². The molecule has 4 bridgehead atoms. The summed E-state index contributed by atoms with van der Waals surface area (Å²) in [5.41, 5.74) is 5.43. The summed E-state index contributed by atoms with van der Waals surface area (Å²) in [6, 6.07) is 23.5. The first-order chi connectivity index (χ1) is 34.3. The van der Waals surface area contributed by atoms with Crippen LogP contribution in [0.3, 0.4) is 0 Å². The maximum atomic E-state index is 13.8. The topological polar surface area (TPSA) is 185 Å². The molecule has 6 aromatic rings. The Labute approximate surface area is 406 Å². The molecule has 6 aliphatic rings. The number of aromatic nitrogens is 6. The van der Waals surface area contributed by atoms with Crippen LogP contribution in [0.5, 0.6) is 0 Å². The van der Waals surface area contributed by atoms with Gasteiger partial charge in [-0.3, -0.25) is 9.59 Å². The van der Waals surface area contributed by atoms with Gasteiger partial charge in [-0.05, 0) is 87.6 Å². The molecule has 6 aliphatic heterocycles. The van der Waals surface area contributed by atoms with E-state index in [0.29, 0.717) is 86.8 Å². The molecule has 70 heavy (non-hydrogen) atoms. The van der Waals surface area contributed by atoms with Crippen LogP contribution in [0.25, 0.3) is 44.6 Å². The Kier molecular flexibility index (Phi) is 12.1. The Morgan fingerprint density at radius 1 is 0.629 bits per heavy atom. The largest absolute Gasteiger partial charge is 0.378 e. The lowest BCUT2D eigenvalue weighted by molar-refractivity contribution is -0.0192. The summed E-state index contributed by atoms with van der Waals surface area (Å²) in [7, 11) is 1.63. The van der Waals surface area contributed by atoms with Crippen LogP contribution >= 0.6 is 0 Å². The second-order valence-corrected chi connectivity index (χ2v) is 19.4. The molecule has 4 aromatic heterocycles. The first-order valence-electron chi connectivity index (χ1n) is 24.9. The van der Waals surface area contributed by atoms with E-state index in [2.05, 4.69) is 43.2 Å². The van der Waals surface area contributed by atoms with E-state index in [1.165, 1.54) is 0 Å². The van der Waals surface area contributed by atoms with Crippen molar-refractivity contribution < 1.29 is 28.5 Å². The fourth-order valence-electron chi connectivity index (χ4n) is 11.1. The Balaban J connectivity index is 0.765. The molecule has 0 saturated carbocycles. The minimum atomic E-state index is -0.174. The number of hydrogen-bond acceptors (Lipinski definition) is 16. The third kappa shape index (κ3) is 8.82. The molecule has 2 amide bonds. The molecule has 12 rings (SSSR count). The molecule has 10 heterocycles. The molecule has 4 unspecified atom stereocenters. The van der Waals surface area contributed by atoms with Gasteiger partial charge in [0.05, 0.1) is 85.1 Å². The first kappa shape index (κ1) is 44.6. The van der Waals surface area contributed by atoms with Gasteiger partial charge in [-0.25, -0.2) is 9.97 Å². The lowest BCUT2D eigenvalue weighted by Gasteiger charge is -2.39. The van der Waals surface area contributed by atoms with Gasteiger partial charge in [0.1, 0.15) is 11.6 Å². The predicted molar refractivity (Wildman–Crippen MR) is 266 cm³/mol. The number of fused-ring (bicyclic) bond motifs is 6. The average molecular weight is 947 g/mol. The lowest BCUT2D eigenvalue weighted by Crippen LogP contribution is -2.49. The SMILES string of the molecule is CNC(=O)c1cccc(-c2ccc3c(N4C[C@H](CCNC(=O)c5cccc(-c6ccc7c(N8CCOCC8)nc(N8CC9CCC(C8)O9)nc7n6)c5)O[C@H](C)C4)nc(N4C5CCC4COC5)nc3n2)c1. The Morgan fingerprint density at radius 2 is 1.24 bits per heavy atom. The van der Waals surface area contributed by atoms with Crippen molar-refractivity contribution in [2.45, 2.75) is 75.5 Å². The van der Waals surface area contributed by atoms with Gasteiger partial charge < -0.3 is 49.2 Å². The van der Waals surface area contributed by atoms with Crippen LogP contribution in [0.15, 0.2) is 72.8 Å². The molecule has 18 nitrogen and oxygen atoms in total. The minimum absolute atomic E-state index is 0.0939. The number of carbonyl (C=O) groups is 2. The molecular formula is C52H58N12O6. The number of carbonyl (C=O) groups excluding carboxylic acids is 2. The summed E-state index contributed by atoms with van der Waals surface area (Å²) < 4.78 is 24.3. The number of nitrogens with one attached hydrogen (secondary N) is 2. The first-order valence-corrected chi connectivity index (χ1v) is 24.9. The third-order valence-corrected chi connectivity index (χ3v) is 14.6. The molecule has 2 aromatic carbocycles. The van der Waals surface area contributed by atoms with E-state index in [1.807, 2.05) is 60.7 Å². The molecule has 0 spiro atoms. The third-order valence-electron chi connectivity index (χ3n) is 14.6. The maximum Gasteiger partial charge on any atom is 0.251 e. The van der Waals surface area contributed by atoms with E-state index in [4.69, 9.17) is 48.9 Å². The van der Waals surface area contributed by atoms with E-state index in [0.717, 1.165) is 96.8 Å². The van der Waals surface area contributed by atoms with Crippen molar-refractivity contribution in [1.29, 1.82) is 0 Å². The van der Waals surface area contributed by atoms with Gasteiger partial charge in [0.15, 0.2) is 11.3 Å². The summed E-state index contributed by atoms with van der Waals surface area (Å²) in [5.74, 6) is 2.68.